The zero-order valence-corrected chi connectivity index (χ0v) is 25.3. The molecule has 43 heavy (non-hydrogen) atoms. The number of benzene rings is 2. The average molecular weight is 605 g/mol. The second-order valence-corrected chi connectivity index (χ2v) is 12.6. The molecule has 0 radical (unpaired) electrons. The van der Waals surface area contributed by atoms with Gasteiger partial charge in [-0.05, 0) is 138 Å². The van der Waals surface area contributed by atoms with E-state index in [-0.39, 0.29) is 47.9 Å². The quantitative estimate of drug-likeness (QED) is 0.211. The van der Waals surface area contributed by atoms with Gasteiger partial charge in [0, 0.05) is 0 Å². The Hall–Kier alpha value is -2.77. The monoisotopic (exact) mass is 604 g/mol. The van der Waals surface area contributed by atoms with Crippen LogP contribution < -0.4 is 9.47 Å². The van der Waals surface area contributed by atoms with Crippen LogP contribution in [0, 0.1) is 41.0 Å². The van der Waals surface area contributed by atoms with Gasteiger partial charge >= 0.3 is 5.97 Å². The Balaban J connectivity index is 1.04. The van der Waals surface area contributed by atoms with E-state index in [1.54, 1.807) is 32.0 Å². The first kappa shape index (κ1) is 31.6. The lowest BCUT2D eigenvalue weighted by Crippen LogP contribution is -2.32. The maximum Gasteiger partial charge on any atom is 0.309 e. The highest BCUT2D eigenvalue weighted by molar-refractivity contribution is 5.72. The molecule has 0 unspecified atom stereocenters. The Morgan fingerprint density at radius 2 is 1.02 bits per heavy atom. The Morgan fingerprint density at radius 1 is 0.605 bits per heavy atom. The van der Waals surface area contributed by atoms with Crippen molar-refractivity contribution in [1.29, 1.82) is 0 Å². The lowest BCUT2D eigenvalue weighted by molar-refractivity contribution is -0.157. The van der Waals surface area contributed by atoms with Gasteiger partial charge < -0.3 is 14.2 Å². The van der Waals surface area contributed by atoms with E-state index in [1.807, 2.05) is 0 Å². The number of hydrogen-bond donors (Lipinski definition) is 0. The number of carbonyl (C=O) groups is 1. The molecule has 0 aliphatic heterocycles. The molecule has 0 amide bonds. The molecule has 4 nitrogen and oxygen atoms in total. The van der Waals surface area contributed by atoms with E-state index < -0.39 is 23.3 Å². The summed E-state index contributed by atoms with van der Waals surface area (Å²) in [5.74, 6) is -2.88. The van der Waals surface area contributed by atoms with Crippen LogP contribution in [0.3, 0.4) is 0 Å². The summed E-state index contributed by atoms with van der Waals surface area (Å²) >= 11 is 0. The van der Waals surface area contributed by atoms with Crippen molar-refractivity contribution in [2.45, 2.75) is 109 Å². The SMILES string of the molecule is CCOc1ccc(C2CCC(C(=O)OC3CCC(C4CCC(c5ccc(OCC)c(F)c5F)CC4)CC3)CC2)c(F)c1F. The molecule has 0 heterocycles. The van der Waals surface area contributed by atoms with Crippen LogP contribution in [0.25, 0.3) is 0 Å². The molecular formula is C35H44F4O4. The van der Waals surface area contributed by atoms with E-state index in [2.05, 4.69) is 0 Å². The van der Waals surface area contributed by atoms with E-state index in [9.17, 15) is 22.4 Å². The van der Waals surface area contributed by atoms with Crippen molar-refractivity contribution < 1.29 is 36.6 Å². The van der Waals surface area contributed by atoms with E-state index >= 15 is 0 Å². The lowest BCUT2D eigenvalue weighted by Gasteiger charge is -2.38. The molecule has 5 rings (SSSR count). The summed E-state index contributed by atoms with van der Waals surface area (Å²) in [6, 6.07) is 6.32. The van der Waals surface area contributed by atoms with Crippen LogP contribution in [-0.2, 0) is 9.53 Å². The first-order valence-corrected chi connectivity index (χ1v) is 16.2. The smallest absolute Gasteiger partial charge is 0.309 e. The summed E-state index contributed by atoms with van der Waals surface area (Å²) in [6.45, 7) is 4.03. The molecule has 0 bridgehead atoms. The molecule has 236 valence electrons. The van der Waals surface area contributed by atoms with Crippen molar-refractivity contribution in [3.05, 3.63) is 58.7 Å². The minimum Gasteiger partial charge on any atom is -0.491 e. The van der Waals surface area contributed by atoms with Crippen LogP contribution >= 0.6 is 0 Å². The maximum atomic E-state index is 14.7. The standard InChI is InChI=1S/C35H44F4O4/c1-3-41-29-19-17-27(31(36)33(29)38)23-7-5-21(6-8-23)22-13-15-26(16-14-22)43-35(40)25-11-9-24(10-12-25)28-18-20-30(42-4-2)34(39)32(28)37/h17-26H,3-16H2,1-2H3. The van der Waals surface area contributed by atoms with Crippen LogP contribution in [0.5, 0.6) is 11.5 Å². The fraction of sp³-hybridized carbons (Fsp3) is 0.629. The Labute approximate surface area is 252 Å². The van der Waals surface area contributed by atoms with E-state index in [4.69, 9.17) is 14.2 Å². The van der Waals surface area contributed by atoms with Gasteiger partial charge in [-0.15, -0.1) is 0 Å². The van der Waals surface area contributed by atoms with Crippen molar-refractivity contribution in [1.82, 2.24) is 0 Å². The summed E-state index contributed by atoms with van der Waals surface area (Å²) in [4.78, 5) is 13.0. The molecule has 0 aromatic heterocycles. The fourth-order valence-corrected chi connectivity index (χ4v) is 7.74. The second-order valence-electron chi connectivity index (χ2n) is 12.6. The Kier molecular flexibility index (Phi) is 10.6. The molecule has 3 saturated carbocycles. The molecule has 3 aliphatic rings. The van der Waals surface area contributed by atoms with Gasteiger partial charge in [0.25, 0.3) is 0 Å². The van der Waals surface area contributed by atoms with Crippen molar-refractivity contribution in [3.63, 3.8) is 0 Å². The van der Waals surface area contributed by atoms with Gasteiger partial charge in [0.05, 0.1) is 19.1 Å². The topological polar surface area (TPSA) is 44.8 Å². The third-order valence-corrected chi connectivity index (χ3v) is 10.1. The number of ether oxygens (including phenoxy) is 3. The predicted octanol–water partition coefficient (Wildman–Crippen LogP) is 9.39. The second kappa shape index (κ2) is 14.3. The zero-order chi connectivity index (χ0) is 30.5. The number of halogens is 4. The van der Waals surface area contributed by atoms with Crippen molar-refractivity contribution in [2.75, 3.05) is 13.2 Å². The van der Waals surface area contributed by atoms with Crippen molar-refractivity contribution >= 4 is 5.97 Å². The van der Waals surface area contributed by atoms with Crippen LogP contribution in [-0.4, -0.2) is 25.3 Å². The number of hydrogen-bond acceptors (Lipinski definition) is 4. The van der Waals surface area contributed by atoms with Crippen LogP contribution in [0.15, 0.2) is 24.3 Å². The summed E-state index contributed by atoms with van der Waals surface area (Å²) in [5, 5.41) is 0. The third-order valence-electron chi connectivity index (χ3n) is 10.1. The maximum absolute atomic E-state index is 14.7. The number of carbonyl (C=O) groups excluding carboxylic acids is 1. The zero-order valence-electron chi connectivity index (χ0n) is 25.3. The minimum atomic E-state index is -0.943. The van der Waals surface area contributed by atoms with E-state index in [0.29, 0.717) is 55.3 Å². The molecule has 0 saturated heterocycles. The first-order chi connectivity index (χ1) is 20.8. The van der Waals surface area contributed by atoms with Crippen LogP contribution in [0.2, 0.25) is 0 Å². The van der Waals surface area contributed by atoms with E-state index in [1.165, 1.54) is 6.07 Å². The van der Waals surface area contributed by atoms with Gasteiger partial charge in [0.2, 0.25) is 11.6 Å². The lowest BCUT2D eigenvalue weighted by atomic mass is 9.69. The molecule has 3 fully saturated rings. The van der Waals surface area contributed by atoms with Gasteiger partial charge in [0.15, 0.2) is 23.1 Å². The molecule has 0 atom stereocenters. The van der Waals surface area contributed by atoms with Crippen LogP contribution in [0.4, 0.5) is 17.6 Å². The normalized spacial score (nSPS) is 27.9. The van der Waals surface area contributed by atoms with Crippen LogP contribution in [0.1, 0.15) is 114 Å². The van der Waals surface area contributed by atoms with Gasteiger partial charge in [-0.25, -0.2) is 8.78 Å². The highest BCUT2D eigenvalue weighted by Gasteiger charge is 2.36. The molecular weight excluding hydrogens is 560 g/mol. The van der Waals surface area contributed by atoms with E-state index in [0.717, 1.165) is 51.4 Å². The highest BCUT2D eigenvalue weighted by Crippen LogP contribution is 2.45. The average Bonchev–Trinajstić information content (AvgIpc) is 3.03. The molecule has 8 heteroatoms. The summed E-state index contributed by atoms with van der Waals surface area (Å²) < 4.78 is 74.5. The van der Waals surface area contributed by atoms with Gasteiger partial charge in [-0.3, -0.25) is 4.79 Å². The molecule has 0 N–H and O–H groups in total. The Morgan fingerprint density at radius 3 is 1.47 bits per heavy atom. The molecule has 0 spiro atoms. The van der Waals surface area contributed by atoms with Gasteiger partial charge in [-0.1, -0.05) is 12.1 Å². The minimum absolute atomic E-state index is 0.0266. The summed E-state index contributed by atoms with van der Waals surface area (Å²) in [6.07, 6.45) is 9.78. The largest absolute Gasteiger partial charge is 0.491 e. The number of esters is 1. The first-order valence-electron chi connectivity index (χ1n) is 16.2. The molecule has 2 aromatic carbocycles. The summed E-state index contributed by atoms with van der Waals surface area (Å²) in [5.41, 5.74) is 0.817. The Bertz CT molecular complexity index is 1240. The number of rotatable bonds is 9. The predicted molar refractivity (Wildman–Crippen MR) is 156 cm³/mol. The highest BCUT2D eigenvalue weighted by atomic mass is 19.2. The van der Waals surface area contributed by atoms with Gasteiger partial charge in [0.1, 0.15) is 6.10 Å². The molecule has 3 aliphatic carbocycles. The van der Waals surface area contributed by atoms with Crippen molar-refractivity contribution in [2.24, 2.45) is 17.8 Å². The fourth-order valence-electron chi connectivity index (χ4n) is 7.74. The molecule has 2 aromatic rings. The van der Waals surface area contributed by atoms with Crippen molar-refractivity contribution in [3.8, 4) is 11.5 Å². The third kappa shape index (κ3) is 7.15. The summed E-state index contributed by atoms with van der Waals surface area (Å²) in [7, 11) is 0. The van der Waals surface area contributed by atoms with Gasteiger partial charge in [-0.2, -0.15) is 8.78 Å².